The van der Waals surface area contributed by atoms with Gasteiger partial charge in [-0.05, 0) is 6.92 Å². The van der Waals surface area contributed by atoms with Crippen LogP contribution in [0.4, 0.5) is 13.2 Å². The molecule has 1 aromatic carbocycles. The summed E-state index contributed by atoms with van der Waals surface area (Å²) in [6.45, 7) is 2.22. The molecule has 0 radical (unpaired) electrons. The molecule has 1 atom stereocenters. The molecule has 4 nitrogen and oxygen atoms in total. The van der Waals surface area contributed by atoms with Crippen LogP contribution in [-0.2, 0) is 6.54 Å². The van der Waals surface area contributed by atoms with Crippen LogP contribution in [-0.4, -0.2) is 9.78 Å². The van der Waals surface area contributed by atoms with Crippen molar-refractivity contribution in [3.8, 4) is 0 Å². The second-order valence-corrected chi connectivity index (χ2v) is 4.48. The molecule has 2 aromatic rings. The zero-order valence-corrected chi connectivity index (χ0v) is 11.3. The number of halogens is 4. The third-order valence-electron chi connectivity index (χ3n) is 2.91. The molecule has 1 aromatic heterocycles. The maximum atomic E-state index is 13.9. The average molecular weight is 305 g/mol. The van der Waals surface area contributed by atoms with Crippen molar-refractivity contribution in [2.24, 2.45) is 5.84 Å². The minimum absolute atomic E-state index is 0.206. The van der Waals surface area contributed by atoms with Crippen LogP contribution >= 0.6 is 11.6 Å². The average Bonchev–Trinajstić information content (AvgIpc) is 2.74. The van der Waals surface area contributed by atoms with Crippen LogP contribution in [0.1, 0.15) is 24.2 Å². The van der Waals surface area contributed by atoms with Crippen molar-refractivity contribution in [1.29, 1.82) is 0 Å². The van der Waals surface area contributed by atoms with Gasteiger partial charge in [-0.2, -0.15) is 5.10 Å². The van der Waals surface area contributed by atoms with Crippen LogP contribution in [0, 0.1) is 17.5 Å². The van der Waals surface area contributed by atoms with Gasteiger partial charge in [-0.15, -0.1) is 0 Å². The molecule has 0 saturated carbocycles. The Morgan fingerprint density at radius 3 is 2.45 bits per heavy atom. The molecule has 8 heteroatoms. The first-order valence-corrected chi connectivity index (χ1v) is 6.19. The second-order valence-electron chi connectivity index (χ2n) is 4.08. The van der Waals surface area contributed by atoms with Crippen molar-refractivity contribution >= 4 is 11.6 Å². The summed E-state index contributed by atoms with van der Waals surface area (Å²) in [6, 6.07) is 0.0950. The zero-order valence-electron chi connectivity index (χ0n) is 10.5. The van der Waals surface area contributed by atoms with E-state index in [2.05, 4.69) is 10.5 Å². The molecule has 0 bridgehead atoms. The maximum absolute atomic E-state index is 13.9. The van der Waals surface area contributed by atoms with Crippen molar-refractivity contribution in [3.05, 3.63) is 52.1 Å². The highest BCUT2D eigenvalue weighted by Crippen LogP contribution is 2.31. The van der Waals surface area contributed by atoms with E-state index in [1.54, 1.807) is 6.92 Å². The Labute approximate surface area is 118 Å². The third-order valence-corrected chi connectivity index (χ3v) is 3.20. The fraction of sp³-hybridized carbons (Fsp3) is 0.250. The van der Waals surface area contributed by atoms with Crippen LogP contribution in [0.3, 0.4) is 0 Å². The van der Waals surface area contributed by atoms with Gasteiger partial charge in [0.05, 0.1) is 23.0 Å². The van der Waals surface area contributed by atoms with Gasteiger partial charge in [0, 0.05) is 24.2 Å². The number of hydrazine groups is 1. The topological polar surface area (TPSA) is 55.9 Å². The number of nitrogens with two attached hydrogens (primary N) is 1. The van der Waals surface area contributed by atoms with E-state index in [-0.39, 0.29) is 5.02 Å². The lowest BCUT2D eigenvalue weighted by molar-refractivity contribution is 0.472. The fourth-order valence-electron chi connectivity index (χ4n) is 2.04. The van der Waals surface area contributed by atoms with E-state index in [4.69, 9.17) is 17.4 Å². The number of aryl methyl sites for hydroxylation is 1. The van der Waals surface area contributed by atoms with Crippen LogP contribution in [0.25, 0.3) is 0 Å². The standard InChI is InChI=1S/C12H12ClF3N4/c1-2-20-12(7(13)5-18-20)11(19-17)10-8(15)3-6(14)4-9(10)16/h3-5,11,19H,2,17H2,1H3. The number of nitrogens with zero attached hydrogens (tertiary/aromatic N) is 2. The summed E-state index contributed by atoms with van der Waals surface area (Å²) in [6.07, 6.45) is 1.35. The fourth-order valence-corrected chi connectivity index (χ4v) is 2.29. The normalized spacial score (nSPS) is 12.7. The Balaban J connectivity index is 2.61. The monoisotopic (exact) mass is 304 g/mol. The Morgan fingerprint density at radius 2 is 1.95 bits per heavy atom. The predicted octanol–water partition coefficient (Wildman–Crippen LogP) is 2.53. The van der Waals surface area contributed by atoms with Crippen molar-refractivity contribution in [2.45, 2.75) is 19.5 Å². The van der Waals surface area contributed by atoms with E-state index in [0.717, 1.165) is 0 Å². The van der Waals surface area contributed by atoms with Crippen molar-refractivity contribution in [3.63, 3.8) is 0 Å². The molecule has 0 aliphatic heterocycles. The highest BCUT2D eigenvalue weighted by molar-refractivity contribution is 6.31. The highest BCUT2D eigenvalue weighted by atomic mass is 35.5. The molecule has 20 heavy (non-hydrogen) atoms. The maximum Gasteiger partial charge on any atom is 0.134 e. The number of aromatic nitrogens is 2. The van der Waals surface area contributed by atoms with Gasteiger partial charge >= 0.3 is 0 Å². The lowest BCUT2D eigenvalue weighted by Gasteiger charge is -2.19. The molecule has 1 heterocycles. The molecular weight excluding hydrogens is 293 g/mol. The van der Waals surface area contributed by atoms with Gasteiger partial charge in [-0.3, -0.25) is 10.5 Å². The first-order chi connectivity index (χ1) is 9.49. The number of rotatable bonds is 4. The van der Waals surface area contributed by atoms with Crippen molar-refractivity contribution < 1.29 is 13.2 Å². The minimum atomic E-state index is -1.08. The van der Waals surface area contributed by atoms with Crippen LogP contribution < -0.4 is 11.3 Å². The Morgan fingerprint density at radius 1 is 1.35 bits per heavy atom. The number of hydrogen-bond acceptors (Lipinski definition) is 3. The first kappa shape index (κ1) is 14.8. The molecule has 108 valence electrons. The predicted molar refractivity (Wildman–Crippen MR) is 68.4 cm³/mol. The van der Waals surface area contributed by atoms with Crippen LogP contribution in [0.2, 0.25) is 5.02 Å². The van der Waals surface area contributed by atoms with E-state index in [1.165, 1.54) is 10.9 Å². The zero-order chi connectivity index (χ0) is 14.9. The Hall–Kier alpha value is -1.57. The molecule has 0 aliphatic rings. The van der Waals surface area contributed by atoms with E-state index in [9.17, 15) is 13.2 Å². The first-order valence-electron chi connectivity index (χ1n) is 5.81. The molecule has 1 unspecified atom stereocenters. The lowest BCUT2D eigenvalue weighted by Crippen LogP contribution is -2.32. The summed E-state index contributed by atoms with van der Waals surface area (Å²) in [5.74, 6) is 2.28. The molecule has 2 rings (SSSR count). The molecular formula is C12H12ClF3N4. The van der Waals surface area contributed by atoms with Gasteiger partial charge in [0.2, 0.25) is 0 Å². The second kappa shape index (κ2) is 5.82. The Bertz CT molecular complexity index is 606. The van der Waals surface area contributed by atoms with E-state index >= 15 is 0 Å². The van der Waals surface area contributed by atoms with Gasteiger partial charge in [-0.1, -0.05) is 11.6 Å². The molecule has 0 saturated heterocycles. The van der Waals surface area contributed by atoms with Crippen LogP contribution in [0.15, 0.2) is 18.3 Å². The molecule has 0 spiro atoms. The molecule has 0 amide bonds. The van der Waals surface area contributed by atoms with E-state index < -0.39 is 29.1 Å². The van der Waals surface area contributed by atoms with Gasteiger partial charge in [0.15, 0.2) is 0 Å². The van der Waals surface area contributed by atoms with Crippen LogP contribution in [0.5, 0.6) is 0 Å². The summed E-state index contributed by atoms with van der Waals surface area (Å²) in [5, 5.41) is 4.18. The number of benzene rings is 1. The summed E-state index contributed by atoms with van der Waals surface area (Å²) in [4.78, 5) is 0. The minimum Gasteiger partial charge on any atom is -0.271 e. The molecule has 3 N–H and O–H groups in total. The van der Waals surface area contributed by atoms with E-state index in [1.807, 2.05) is 0 Å². The smallest absolute Gasteiger partial charge is 0.134 e. The highest BCUT2D eigenvalue weighted by Gasteiger charge is 2.27. The largest absolute Gasteiger partial charge is 0.271 e. The molecule has 0 fully saturated rings. The summed E-state index contributed by atoms with van der Waals surface area (Å²) >= 11 is 5.99. The SMILES string of the molecule is CCn1ncc(Cl)c1C(NN)c1c(F)cc(F)cc1F. The van der Waals surface area contributed by atoms with Gasteiger partial charge < -0.3 is 0 Å². The summed E-state index contributed by atoms with van der Waals surface area (Å²) in [7, 11) is 0. The Kier molecular flexibility index (Phi) is 4.32. The van der Waals surface area contributed by atoms with Gasteiger partial charge in [-0.25, -0.2) is 18.6 Å². The van der Waals surface area contributed by atoms with Gasteiger partial charge in [0.1, 0.15) is 17.5 Å². The lowest BCUT2D eigenvalue weighted by atomic mass is 10.0. The summed E-state index contributed by atoms with van der Waals surface area (Å²) < 4.78 is 42.1. The van der Waals surface area contributed by atoms with Crippen molar-refractivity contribution in [1.82, 2.24) is 15.2 Å². The quantitative estimate of drug-likeness (QED) is 0.674. The number of nitrogens with one attached hydrogen (secondary N) is 1. The molecule has 0 aliphatic carbocycles. The third kappa shape index (κ3) is 2.52. The van der Waals surface area contributed by atoms with Crippen molar-refractivity contribution in [2.75, 3.05) is 0 Å². The van der Waals surface area contributed by atoms with Gasteiger partial charge in [0.25, 0.3) is 0 Å². The van der Waals surface area contributed by atoms with E-state index in [0.29, 0.717) is 24.4 Å². The number of hydrogen-bond donors (Lipinski definition) is 2. The summed E-state index contributed by atoms with van der Waals surface area (Å²) in [5.41, 5.74) is 2.19.